The zero-order valence-corrected chi connectivity index (χ0v) is 24.3. The van der Waals surface area contributed by atoms with Crippen LogP contribution < -0.4 is 9.47 Å². The second kappa shape index (κ2) is 13.0. The van der Waals surface area contributed by atoms with Gasteiger partial charge in [-0.2, -0.15) is 0 Å². The van der Waals surface area contributed by atoms with Crippen LogP contribution in [0.25, 0.3) is 11.1 Å². The molecule has 4 aromatic carbocycles. The number of nitrogens with zero attached hydrogens (tertiary/aromatic N) is 2. The van der Waals surface area contributed by atoms with E-state index in [9.17, 15) is 19.1 Å². The maximum atomic E-state index is 14.1. The number of hydrogen-bond donors (Lipinski definition) is 1. The number of aliphatic carboxylic acids is 1. The molecule has 222 valence electrons. The van der Waals surface area contributed by atoms with Gasteiger partial charge in [-0.3, -0.25) is 0 Å². The van der Waals surface area contributed by atoms with Crippen LogP contribution in [0.3, 0.4) is 0 Å². The molecule has 43 heavy (non-hydrogen) atoms. The van der Waals surface area contributed by atoms with Crippen molar-refractivity contribution in [2.24, 2.45) is 0 Å². The number of halogens is 1. The van der Waals surface area contributed by atoms with Gasteiger partial charge in [0.2, 0.25) is 5.60 Å². The number of likely N-dealkylation sites (N-methyl/N-ethyl adjacent to an activating group) is 1. The Morgan fingerprint density at radius 2 is 1.53 bits per heavy atom. The van der Waals surface area contributed by atoms with Gasteiger partial charge in [-0.25, -0.2) is 14.0 Å². The Morgan fingerprint density at radius 3 is 2.21 bits per heavy atom. The van der Waals surface area contributed by atoms with E-state index in [0.717, 1.165) is 16.7 Å². The van der Waals surface area contributed by atoms with E-state index in [4.69, 9.17) is 9.47 Å². The average molecular weight is 583 g/mol. The van der Waals surface area contributed by atoms with Gasteiger partial charge in [-0.15, -0.1) is 0 Å². The summed E-state index contributed by atoms with van der Waals surface area (Å²) in [5, 5.41) is 9.81. The first kappa shape index (κ1) is 29.6. The Labute approximate surface area is 251 Å². The first-order valence-corrected chi connectivity index (χ1v) is 14.3. The third-order valence-corrected chi connectivity index (χ3v) is 7.79. The highest BCUT2D eigenvalue weighted by Gasteiger charge is 2.37. The molecule has 2 atom stereocenters. The van der Waals surface area contributed by atoms with Crippen molar-refractivity contribution in [2.75, 3.05) is 20.2 Å². The van der Waals surface area contributed by atoms with Crippen molar-refractivity contribution in [3.05, 3.63) is 120 Å². The lowest BCUT2D eigenvalue weighted by molar-refractivity contribution is -0.153. The molecule has 1 aliphatic rings. The summed E-state index contributed by atoms with van der Waals surface area (Å²) < 4.78 is 25.6. The number of urea groups is 1. The topological polar surface area (TPSA) is 79.3 Å². The fourth-order valence-electron chi connectivity index (χ4n) is 5.24. The van der Waals surface area contributed by atoms with Gasteiger partial charge in [-0.1, -0.05) is 78.9 Å². The Balaban J connectivity index is 1.11. The molecule has 4 aromatic rings. The molecule has 0 spiro atoms. The lowest BCUT2D eigenvalue weighted by atomic mass is 9.96. The minimum atomic E-state index is -1.65. The second-order valence-corrected chi connectivity index (χ2v) is 11.0. The van der Waals surface area contributed by atoms with E-state index in [-0.39, 0.29) is 24.2 Å². The third kappa shape index (κ3) is 7.15. The standard InChI is InChI=1S/C35H35FN2O5/c1-35(33(39)40,43-32-11-7-6-10-31(32)36)22-25-14-18-30(19-15-25)42-21-20-29-24-38(34(41)37(29)2)23-26-12-16-28(17-13-26)27-8-4-3-5-9-27/h3-19,29H,20-24H2,1-2H3,(H,39,40)/t29-,35-/m0/s1. The van der Waals surface area contributed by atoms with Gasteiger partial charge in [0.05, 0.1) is 12.6 Å². The van der Waals surface area contributed by atoms with E-state index in [1.807, 2.05) is 30.1 Å². The van der Waals surface area contributed by atoms with Crippen LogP contribution in [0.4, 0.5) is 9.18 Å². The van der Waals surface area contributed by atoms with E-state index >= 15 is 0 Å². The van der Waals surface area contributed by atoms with E-state index < -0.39 is 17.4 Å². The number of benzene rings is 4. The lowest BCUT2D eigenvalue weighted by Gasteiger charge is -2.26. The predicted molar refractivity (Wildman–Crippen MR) is 163 cm³/mol. The Kier molecular flexibility index (Phi) is 8.95. The Bertz CT molecular complexity index is 1550. The minimum Gasteiger partial charge on any atom is -0.494 e. The monoisotopic (exact) mass is 582 g/mol. The highest BCUT2D eigenvalue weighted by Crippen LogP contribution is 2.27. The van der Waals surface area contributed by atoms with Crippen LogP contribution >= 0.6 is 0 Å². The summed E-state index contributed by atoms with van der Waals surface area (Å²) in [6.45, 7) is 3.01. The zero-order chi connectivity index (χ0) is 30.4. The van der Waals surface area contributed by atoms with Gasteiger partial charge in [0.15, 0.2) is 11.6 Å². The Morgan fingerprint density at radius 1 is 0.907 bits per heavy atom. The quantitative estimate of drug-likeness (QED) is 0.202. The van der Waals surface area contributed by atoms with Crippen molar-refractivity contribution in [3.63, 3.8) is 0 Å². The average Bonchev–Trinajstić information content (AvgIpc) is 3.27. The Hall–Kier alpha value is -4.85. The summed E-state index contributed by atoms with van der Waals surface area (Å²) in [5.41, 5.74) is 2.44. The van der Waals surface area contributed by atoms with Crippen molar-refractivity contribution >= 4 is 12.0 Å². The van der Waals surface area contributed by atoms with Crippen LogP contribution in [0, 0.1) is 5.82 Å². The molecule has 1 fully saturated rings. The van der Waals surface area contributed by atoms with Gasteiger partial charge in [0.1, 0.15) is 5.75 Å². The van der Waals surface area contributed by atoms with Gasteiger partial charge < -0.3 is 24.4 Å². The molecular formula is C35H35FN2O5. The molecule has 5 rings (SSSR count). The normalized spacial score (nSPS) is 16.2. The maximum absolute atomic E-state index is 14.1. The summed E-state index contributed by atoms with van der Waals surface area (Å²) in [5.74, 6) is -1.28. The van der Waals surface area contributed by atoms with Crippen LogP contribution in [0.5, 0.6) is 11.5 Å². The van der Waals surface area contributed by atoms with Crippen molar-refractivity contribution in [1.82, 2.24) is 9.80 Å². The molecule has 0 bridgehead atoms. The zero-order valence-electron chi connectivity index (χ0n) is 24.3. The highest BCUT2D eigenvalue weighted by atomic mass is 19.1. The van der Waals surface area contributed by atoms with Gasteiger partial charge >= 0.3 is 12.0 Å². The summed E-state index contributed by atoms with van der Waals surface area (Å²) in [7, 11) is 1.82. The maximum Gasteiger partial charge on any atom is 0.348 e. The number of ether oxygens (including phenoxy) is 2. The third-order valence-electron chi connectivity index (χ3n) is 7.79. The number of carbonyl (C=O) groups excluding carboxylic acids is 1. The second-order valence-electron chi connectivity index (χ2n) is 11.0. The molecule has 1 aliphatic heterocycles. The fraction of sp³-hybridized carbons (Fsp3) is 0.257. The van der Waals surface area contributed by atoms with Crippen LogP contribution in [-0.2, 0) is 17.8 Å². The predicted octanol–water partition coefficient (Wildman–Crippen LogP) is 6.66. The fourth-order valence-corrected chi connectivity index (χ4v) is 5.24. The first-order valence-electron chi connectivity index (χ1n) is 14.3. The van der Waals surface area contributed by atoms with Crippen molar-refractivity contribution in [1.29, 1.82) is 0 Å². The molecule has 0 saturated carbocycles. The molecule has 1 N–H and O–H groups in total. The molecule has 7 nitrogen and oxygen atoms in total. The smallest absolute Gasteiger partial charge is 0.348 e. The van der Waals surface area contributed by atoms with E-state index in [2.05, 4.69) is 36.4 Å². The number of carboxylic acid groups (broad SMARTS) is 1. The van der Waals surface area contributed by atoms with Gasteiger partial charge in [0.25, 0.3) is 0 Å². The number of carbonyl (C=O) groups is 2. The molecule has 8 heteroatoms. The number of amides is 2. The highest BCUT2D eigenvalue weighted by molar-refractivity contribution is 5.78. The van der Waals surface area contributed by atoms with Crippen molar-refractivity contribution < 1.29 is 28.6 Å². The number of para-hydroxylation sites is 1. The summed E-state index contributed by atoms with van der Waals surface area (Å²) in [4.78, 5) is 28.6. The first-order chi connectivity index (χ1) is 20.7. The summed E-state index contributed by atoms with van der Waals surface area (Å²) in [6, 6.07) is 31.4. The van der Waals surface area contributed by atoms with E-state index in [1.165, 1.54) is 25.1 Å². The number of rotatable bonds is 12. The van der Waals surface area contributed by atoms with E-state index in [0.29, 0.717) is 37.4 Å². The van der Waals surface area contributed by atoms with Gasteiger partial charge in [-0.05, 0) is 53.4 Å². The summed E-state index contributed by atoms with van der Waals surface area (Å²) >= 11 is 0. The van der Waals surface area contributed by atoms with Crippen molar-refractivity contribution in [2.45, 2.75) is 38.0 Å². The molecule has 0 unspecified atom stereocenters. The SMILES string of the molecule is CN1C(=O)N(Cc2ccc(-c3ccccc3)cc2)C[C@@H]1CCOc1ccc(C[C@](C)(Oc2ccccc2F)C(=O)O)cc1. The van der Waals surface area contributed by atoms with E-state index in [1.54, 1.807) is 35.2 Å². The number of carboxylic acids is 1. The van der Waals surface area contributed by atoms with Crippen LogP contribution in [0.2, 0.25) is 0 Å². The molecule has 0 aliphatic carbocycles. The van der Waals surface area contributed by atoms with Gasteiger partial charge in [0, 0.05) is 33.0 Å². The van der Waals surface area contributed by atoms with Crippen LogP contribution in [-0.4, -0.2) is 58.7 Å². The minimum absolute atomic E-state index is 0.000529. The molecule has 0 aromatic heterocycles. The molecule has 1 saturated heterocycles. The molecular weight excluding hydrogens is 547 g/mol. The summed E-state index contributed by atoms with van der Waals surface area (Å²) in [6.07, 6.45) is 0.706. The molecule has 2 amide bonds. The largest absolute Gasteiger partial charge is 0.494 e. The molecule has 1 heterocycles. The van der Waals surface area contributed by atoms with Crippen molar-refractivity contribution in [3.8, 4) is 22.6 Å². The molecule has 0 radical (unpaired) electrons. The number of hydrogen-bond acceptors (Lipinski definition) is 4. The van der Waals surface area contributed by atoms with Crippen LogP contribution in [0.1, 0.15) is 24.5 Å². The van der Waals surface area contributed by atoms with Crippen LogP contribution in [0.15, 0.2) is 103 Å². The lowest BCUT2D eigenvalue weighted by Crippen LogP contribution is -2.43.